The molecule has 3 aromatic rings. The number of carbonyl (C=O) groups excluding carboxylic acids is 2. The summed E-state index contributed by atoms with van der Waals surface area (Å²) in [5, 5.41) is 39.2. The number of aromatic nitrogens is 9. The Labute approximate surface area is 402 Å². The minimum Gasteiger partial charge on any atom is -0.481 e. The number of amides is 2. The van der Waals surface area contributed by atoms with Crippen LogP contribution >= 0.6 is 0 Å². The van der Waals surface area contributed by atoms with Crippen LogP contribution in [0.2, 0.25) is 0 Å². The Morgan fingerprint density at radius 2 is 1.09 bits per heavy atom. The maximum absolute atomic E-state index is 14.1. The number of nitrogens with zero attached hydrogens (tertiary/aromatic N) is 13. The van der Waals surface area contributed by atoms with E-state index >= 15 is 0 Å². The summed E-state index contributed by atoms with van der Waals surface area (Å²) in [4.78, 5) is 73.1. The third-order valence-electron chi connectivity index (χ3n) is 11.6. The predicted octanol–water partition coefficient (Wildman–Crippen LogP) is 0.751. The SMILES string of the molecule is C#CCOCCOCCOCCNc1nc(N2CCN(C(=O)[C@H](CCC(=O)O)n3cc(C(N)CC(C)C)nn3)CC2)nc(N2CCN(C(=O)[C@H](CCC(=O)O)n3cc(C(N)CC(C)C)nn3)CC2)n1. The number of nitrogens with two attached hydrogens (primary N) is 2. The van der Waals surface area contributed by atoms with Crippen LogP contribution in [0.15, 0.2) is 12.4 Å². The van der Waals surface area contributed by atoms with E-state index in [1.54, 1.807) is 22.2 Å². The van der Waals surface area contributed by atoms with Crippen LogP contribution in [-0.2, 0) is 33.4 Å². The zero-order valence-electron chi connectivity index (χ0n) is 40.3. The molecule has 0 radical (unpaired) electrons. The number of hydrogen-bond donors (Lipinski definition) is 5. The van der Waals surface area contributed by atoms with E-state index < -0.39 is 24.0 Å². The first-order valence-corrected chi connectivity index (χ1v) is 23.7. The molecular formula is C44H70N16O9. The van der Waals surface area contributed by atoms with E-state index in [1.165, 1.54) is 9.36 Å². The van der Waals surface area contributed by atoms with Gasteiger partial charge in [-0.25, -0.2) is 9.36 Å². The fourth-order valence-electron chi connectivity index (χ4n) is 7.94. The average Bonchev–Trinajstić information content (AvgIpc) is 4.02. The van der Waals surface area contributed by atoms with Gasteiger partial charge >= 0.3 is 11.9 Å². The lowest BCUT2D eigenvalue weighted by Crippen LogP contribution is -2.52. The number of terminal acetylenes is 1. The molecule has 25 heteroatoms. The number of carbonyl (C=O) groups is 4. The molecule has 4 atom stereocenters. The molecule has 2 saturated heterocycles. The Morgan fingerprint density at radius 1 is 0.667 bits per heavy atom. The van der Waals surface area contributed by atoms with Crippen molar-refractivity contribution in [3.8, 4) is 12.3 Å². The van der Waals surface area contributed by atoms with Crippen LogP contribution in [-0.4, -0.2) is 187 Å². The minimum atomic E-state index is -1.03. The quantitative estimate of drug-likeness (QED) is 0.0473. The molecule has 380 valence electrons. The summed E-state index contributed by atoms with van der Waals surface area (Å²) in [5.41, 5.74) is 13.8. The van der Waals surface area contributed by atoms with Gasteiger partial charge < -0.3 is 60.8 Å². The van der Waals surface area contributed by atoms with Crippen LogP contribution in [0.4, 0.5) is 17.8 Å². The van der Waals surface area contributed by atoms with Crippen molar-refractivity contribution >= 4 is 41.6 Å². The van der Waals surface area contributed by atoms with Crippen molar-refractivity contribution in [1.82, 2.24) is 54.7 Å². The Morgan fingerprint density at radius 3 is 1.49 bits per heavy atom. The van der Waals surface area contributed by atoms with Gasteiger partial charge in [0.05, 0.1) is 68.9 Å². The average molecular weight is 967 g/mol. The molecule has 0 bridgehead atoms. The maximum atomic E-state index is 14.1. The van der Waals surface area contributed by atoms with Gasteiger partial charge in [0.25, 0.3) is 0 Å². The summed E-state index contributed by atoms with van der Waals surface area (Å²) in [7, 11) is 0. The highest BCUT2D eigenvalue weighted by Gasteiger charge is 2.34. The Bertz CT molecular complexity index is 2000. The number of rotatable bonds is 29. The summed E-state index contributed by atoms with van der Waals surface area (Å²) in [6.07, 6.45) is 9.39. The van der Waals surface area contributed by atoms with Gasteiger partial charge in [-0.1, -0.05) is 44.0 Å². The van der Waals surface area contributed by atoms with Crippen molar-refractivity contribution in [3.05, 3.63) is 23.8 Å². The summed E-state index contributed by atoms with van der Waals surface area (Å²) in [6, 6.07) is -2.53. The van der Waals surface area contributed by atoms with Gasteiger partial charge in [-0.3, -0.25) is 19.2 Å². The highest BCUT2D eigenvalue weighted by Crippen LogP contribution is 2.26. The lowest BCUT2D eigenvalue weighted by Gasteiger charge is -2.38. The smallest absolute Gasteiger partial charge is 0.303 e. The van der Waals surface area contributed by atoms with Gasteiger partial charge in [0.2, 0.25) is 29.7 Å². The van der Waals surface area contributed by atoms with E-state index in [9.17, 15) is 29.4 Å². The number of carboxylic acids is 2. The summed E-state index contributed by atoms with van der Waals surface area (Å²) in [6.45, 7) is 13.3. The summed E-state index contributed by atoms with van der Waals surface area (Å²) >= 11 is 0. The van der Waals surface area contributed by atoms with E-state index in [4.69, 9.17) is 47.1 Å². The molecule has 7 N–H and O–H groups in total. The molecule has 2 aliphatic rings. The molecule has 2 fully saturated rings. The normalized spacial score (nSPS) is 16.1. The van der Waals surface area contributed by atoms with Crippen LogP contribution in [0.5, 0.6) is 0 Å². The maximum Gasteiger partial charge on any atom is 0.303 e. The van der Waals surface area contributed by atoms with Crippen molar-refractivity contribution in [1.29, 1.82) is 0 Å². The fraction of sp³-hybridized carbons (Fsp3) is 0.705. The fourth-order valence-corrected chi connectivity index (χ4v) is 7.94. The summed E-state index contributed by atoms with van der Waals surface area (Å²) < 4.78 is 19.3. The molecule has 0 aromatic carbocycles. The largest absolute Gasteiger partial charge is 0.481 e. The van der Waals surface area contributed by atoms with Crippen LogP contribution in [0, 0.1) is 24.2 Å². The van der Waals surface area contributed by atoms with Gasteiger partial charge in [0.1, 0.15) is 18.7 Å². The molecule has 5 rings (SSSR count). The zero-order valence-corrected chi connectivity index (χ0v) is 40.3. The van der Waals surface area contributed by atoms with Crippen LogP contribution in [0.25, 0.3) is 0 Å². The third-order valence-corrected chi connectivity index (χ3v) is 11.6. The number of nitrogens with one attached hydrogen (secondary N) is 1. The van der Waals surface area contributed by atoms with Gasteiger partial charge in [-0.05, 0) is 37.5 Å². The van der Waals surface area contributed by atoms with Crippen molar-refractivity contribution in [2.24, 2.45) is 23.3 Å². The second-order valence-electron chi connectivity index (χ2n) is 17.9. The van der Waals surface area contributed by atoms with Crippen molar-refractivity contribution in [2.45, 2.75) is 90.4 Å². The Balaban J connectivity index is 1.27. The molecule has 3 aromatic heterocycles. The van der Waals surface area contributed by atoms with Crippen molar-refractivity contribution < 1.29 is 43.6 Å². The van der Waals surface area contributed by atoms with E-state index in [1.807, 2.05) is 37.5 Å². The minimum absolute atomic E-state index is 0.0255. The molecule has 2 unspecified atom stereocenters. The van der Waals surface area contributed by atoms with Gasteiger partial charge in [0, 0.05) is 71.7 Å². The lowest BCUT2D eigenvalue weighted by atomic mass is 10.0. The highest BCUT2D eigenvalue weighted by atomic mass is 16.5. The van der Waals surface area contributed by atoms with E-state index in [2.05, 4.69) is 31.9 Å². The molecule has 2 aliphatic heterocycles. The molecule has 0 spiro atoms. The first-order valence-electron chi connectivity index (χ1n) is 23.7. The second-order valence-corrected chi connectivity index (χ2v) is 17.9. The predicted molar refractivity (Wildman–Crippen MR) is 252 cm³/mol. The standard InChI is InChI=1S/C44H70N16O9/c1-6-20-67-22-24-69-25-23-68-21-11-47-42-48-43(57-16-12-55(13-17-57)40(65)36(7-9-38(61)62)59-28-34(51-53-59)32(45)26-30(2)3)50-44(49-42)58-18-14-56(15-19-58)41(66)37(8-10-39(63)64)60-29-35(52-54-60)33(46)27-31(4)5/h1,28-33,36-37H,7-27,45-46H2,2-5H3,(H,61,62)(H,63,64)(H,47,48,49,50)/t32?,33?,36-,37-/m0/s1. The molecular weight excluding hydrogens is 897 g/mol. The third kappa shape index (κ3) is 16.8. The van der Waals surface area contributed by atoms with Gasteiger partial charge in [0.15, 0.2) is 0 Å². The van der Waals surface area contributed by atoms with Gasteiger partial charge in [-0.2, -0.15) is 15.0 Å². The number of ether oxygens (including phenoxy) is 3. The summed E-state index contributed by atoms with van der Waals surface area (Å²) in [5.74, 6) is 1.49. The van der Waals surface area contributed by atoms with Crippen molar-refractivity contribution in [3.63, 3.8) is 0 Å². The molecule has 2 amide bonds. The second kappa shape index (κ2) is 27.2. The zero-order chi connectivity index (χ0) is 49.9. The molecule has 0 saturated carbocycles. The number of piperazine rings is 2. The molecule has 25 nitrogen and oxygen atoms in total. The van der Waals surface area contributed by atoms with Crippen LogP contribution in [0.3, 0.4) is 0 Å². The highest BCUT2D eigenvalue weighted by molar-refractivity contribution is 5.82. The monoisotopic (exact) mass is 967 g/mol. The van der Waals surface area contributed by atoms with E-state index in [-0.39, 0.29) is 56.2 Å². The van der Waals surface area contributed by atoms with Crippen LogP contribution in [0.1, 0.15) is 102 Å². The van der Waals surface area contributed by atoms with Gasteiger partial charge in [-0.15, -0.1) is 16.6 Å². The number of aliphatic carboxylic acids is 2. The first-order chi connectivity index (χ1) is 33.1. The number of carboxylic acid groups (broad SMARTS) is 2. The molecule has 5 heterocycles. The number of hydrogen-bond acceptors (Lipinski definition) is 19. The number of anilines is 3. The Hall–Kier alpha value is -6.07. The first kappa shape index (κ1) is 53.9. The molecule has 0 aliphatic carbocycles. The van der Waals surface area contributed by atoms with Crippen molar-refractivity contribution in [2.75, 3.05) is 114 Å². The van der Waals surface area contributed by atoms with Crippen LogP contribution < -0.4 is 26.6 Å². The topological polar surface area (TPSA) is 314 Å². The van der Waals surface area contributed by atoms with E-state index in [0.717, 1.165) is 0 Å². The molecule has 69 heavy (non-hydrogen) atoms. The van der Waals surface area contributed by atoms with E-state index in [0.29, 0.717) is 146 Å². The Kier molecular flexibility index (Phi) is 21.2. The lowest BCUT2D eigenvalue weighted by molar-refractivity contribution is -0.140.